The topological polar surface area (TPSA) is 21.3 Å². The third kappa shape index (κ3) is 3.63. The van der Waals surface area contributed by atoms with Crippen molar-refractivity contribution in [3.05, 3.63) is 57.6 Å². The van der Waals surface area contributed by atoms with E-state index in [9.17, 15) is 0 Å². The lowest BCUT2D eigenvalue weighted by Gasteiger charge is -2.11. The van der Waals surface area contributed by atoms with E-state index in [0.717, 1.165) is 23.4 Å². The van der Waals surface area contributed by atoms with Crippen LogP contribution in [0.5, 0.6) is 11.5 Å². The van der Waals surface area contributed by atoms with Gasteiger partial charge in [0.05, 0.1) is 0 Å². The van der Waals surface area contributed by atoms with Crippen molar-refractivity contribution in [2.75, 3.05) is 7.05 Å². The van der Waals surface area contributed by atoms with Gasteiger partial charge in [-0.15, -0.1) is 0 Å². The summed E-state index contributed by atoms with van der Waals surface area (Å²) in [6.07, 6.45) is 0. The molecule has 0 aliphatic rings. The molecule has 0 radical (unpaired) electrons. The number of halogens is 2. The maximum absolute atomic E-state index is 6.20. The second-order valence-corrected chi connectivity index (χ2v) is 5.14. The fraction of sp³-hybridized carbons (Fsp3) is 0.200. The molecule has 19 heavy (non-hydrogen) atoms. The van der Waals surface area contributed by atoms with Gasteiger partial charge in [0.25, 0.3) is 0 Å². The number of rotatable bonds is 4. The summed E-state index contributed by atoms with van der Waals surface area (Å²) in [5.74, 6) is 1.44. The van der Waals surface area contributed by atoms with Crippen LogP contribution in [-0.4, -0.2) is 7.05 Å². The SMILES string of the molecule is CNCc1ccc(Oc2cc(Cl)ccc2C)cc1Cl. The maximum atomic E-state index is 6.20. The van der Waals surface area contributed by atoms with E-state index in [1.807, 2.05) is 44.3 Å². The van der Waals surface area contributed by atoms with E-state index in [-0.39, 0.29) is 0 Å². The van der Waals surface area contributed by atoms with Crippen LogP contribution in [0.4, 0.5) is 0 Å². The lowest BCUT2D eigenvalue weighted by molar-refractivity contribution is 0.478. The van der Waals surface area contributed by atoms with Gasteiger partial charge >= 0.3 is 0 Å². The van der Waals surface area contributed by atoms with Crippen LogP contribution in [-0.2, 0) is 6.54 Å². The minimum absolute atomic E-state index is 0.651. The predicted octanol–water partition coefficient (Wildman–Crippen LogP) is 4.81. The zero-order valence-electron chi connectivity index (χ0n) is 10.8. The van der Waals surface area contributed by atoms with Gasteiger partial charge < -0.3 is 10.1 Å². The summed E-state index contributed by atoms with van der Waals surface area (Å²) in [6.45, 7) is 2.71. The van der Waals surface area contributed by atoms with Crippen molar-refractivity contribution < 1.29 is 4.74 Å². The van der Waals surface area contributed by atoms with Gasteiger partial charge in [-0.1, -0.05) is 35.3 Å². The molecule has 0 aliphatic carbocycles. The van der Waals surface area contributed by atoms with E-state index in [1.165, 1.54) is 0 Å². The van der Waals surface area contributed by atoms with Crippen LogP contribution < -0.4 is 10.1 Å². The van der Waals surface area contributed by atoms with E-state index in [4.69, 9.17) is 27.9 Å². The number of benzene rings is 2. The molecule has 0 aliphatic heterocycles. The number of ether oxygens (including phenoxy) is 1. The fourth-order valence-corrected chi connectivity index (χ4v) is 2.14. The molecule has 0 spiro atoms. The first kappa shape index (κ1) is 14.2. The Balaban J connectivity index is 2.24. The van der Waals surface area contributed by atoms with E-state index < -0.39 is 0 Å². The zero-order chi connectivity index (χ0) is 13.8. The highest BCUT2D eigenvalue weighted by Gasteiger charge is 2.05. The first-order chi connectivity index (χ1) is 9.10. The Labute approximate surface area is 123 Å². The number of hydrogen-bond donors (Lipinski definition) is 1. The summed E-state index contributed by atoms with van der Waals surface area (Å²) in [5, 5.41) is 4.41. The fourth-order valence-electron chi connectivity index (χ4n) is 1.74. The molecule has 0 unspecified atom stereocenters. The van der Waals surface area contributed by atoms with Crippen LogP contribution in [0.3, 0.4) is 0 Å². The van der Waals surface area contributed by atoms with Gasteiger partial charge in [-0.05, 0) is 49.4 Å². The van der Waals surface area contributed by atoms with Gasteiger partial charge in [0, 0.05) is 16.6 Å². The van der Waals surface area contributed by atoms with Crippen molar-refractivity contribution in [1.82, 2.24) is 5.32 Å². The molecule has 2 nitrogen and oxygen atoms in total. The van der Waals surface area contributed by atoms with Crippen molar-refractivity contribution in [3.8, 4) is 11.5 Å². The molecular formula is C15H15Cl2NO. The van der Waals surface area contributed by atoms with Crippen LogP contribution in [0, 0.1) is 6.92 Å². The predicted molar refractivity (Wildman–Crippen MR) is 80.5 cm³/mol. The van der Waals surface area contributed by atoms with Gasteiger partial charge in [0.1, 0.15) is 11.5 Å². The first-order valence-corrected chi connectivity index (χ1v) is 6.73. The van der Waals surface area contributed by atoms with Crippen molar-refractivity contribution in [3.63, 3.8) is 0 Å². The molecule has 4 heteroatoms. The average Bonchev–Trinajstić information content (AvgIpc) is 2.37. The second kappa shape index (κ2) is 6.29. The quantitative estimate of drug-likeness (QED) is 0.874. The van der Waals surface area contributed by atoms with Crippen molar-refractivity contribution >= 4 is 23.2 Å². The summed E-state index contributed by atoms with van der Waals surface area (Å²) in [5.41, 5.74) is 2.07. The Hall–Kier alpha value is -1.22. The van der Waals surface area contributed by atoms with Crippen molar-refractivity contribution in [1.29, 1.82) is 0 Å². The van der Waals surface area contributed by atoms with E-state index in [2.05, 4.69) is 5.32 Å². The molecule has 2 aromatic rings. The smallest absolute Gasteiger partial charge is 0.131 e. The summed E-state index contributed by atoms with van der Waals surface area (Å²) in [4.78, 5) is 0. The lowest BCUT2D eigenvalue weighted by Crippen LogP contribution is -2.05. The largest absolute Gasteiger partial charge is 0.457 e. The van der Waals surface area contributed by atoms with Crippen LogP contribution in [0.1, 0.15) is 11.1 Å². The average molecular weight is 296 g/mol. The monoisotopic (exact) mass is 295 g/mol. The molecule has 0 saturated carbocycles. The minimum atomic E-state index is 0.651. The molecule has 0 amide bonds. The van der Waals surface area contributed by atoms with Gasteiger partial charge in [-0.2, -0.15) is 0 Å². The Morgan fingerprint density at radius 3 is 2.58 bits per heavy atom. The third-order valence-corrected chi connectivity index (χ3v) is 3.36. The molecule has 2 rings (SSSR count). The van der Waals surface area contributed by atoms with Gasteiger partial charge in [-0.3, -0.25) is 0 Å². The summed E-state index contributed by atoms with van der Waals surface area (Å²) in [6, 6.07) is 11.2. The maximum Gasteiger partial charge on any atom is 0.131 e. The molecule has 0 heterocycles. The molecule has 0 atom stereocenters. The molecule has 2 aromatic carbocycles. The summed E-state index contributed by atoms with van der Waals surface area (Å²) >= 11 is 12.2. The highest BCUT2D eigenvalue weighted by molar-refractivity contribution is 6.31. The Kier molecular flexibility index (Phi) is 4.70. The van der Waals surface area contributed by atoms with E-state index in [1.54, 1.807) is 6.07 Å². The molecule has 100 valence electrons. The number of nitrogens with one attached hydrogen (secondary N) is 1. The summed E-state index contributed by atoms with van der Waals surface area (Å²) < 4.78 is 5.81. The molecule has 0 aromatic heterocycles. The van der Waals surface area contributed by atoms with Crippen LogP contribution in [0.15, 0.2) is 36.4 Å². The van der Waals surface area contributed by atoms with Gasteiger partial charge in [0.15, 0.2) is 0 Å². The molecule has 1 N–H and O–H groups in total. The zero-order valence-corrected chi connectivity index (χ0v) is 12.3. The minimum Gasteiger partial charge on any atom is -0.457 e. The highest BCUT2D eigenvalue weighted by atomic mass is 35.5. The molecule has 0 saturated heterocycles. The Bertz CT molecular complexity index is 584. The summed E-state index contributed by atoms with van der Waals surface area (Å²) in [7, 11) is 1.88. The normalized spacial score (nSPS) is 10.5. The van der Waals surface area contributed by atoms with Gasteiger partial charge in [0.2, 0.25) is 0 Å². The van der Waals surface area contributed by atoms with Gasteiger partial charge in [-0.25, -0.2) is 0 Å². The first-order valence-electron chi connectivity index (χ1n) is 5.97. The van der Waals surface area contributed by atoms with Crippen LogP contribution in [0.25, 0.3) is 0 Å². The van der Waals surface area contributed by atoms with E-state index in [0.29, 0.717) is 15.8 Å². The molecular weight excluding hydrogens is 281 g/mol. The van der Waals surface area contributed by atoms with Crippen molar-refractivity contribution in [2.24, 2.45) is 0 Å². The number of aryl methyl sites for hydroxylation is 1. The highest BCUT2D eigenvalue weighted by Crippen LogP contribution is 2.30. The lowest BCUT2D eigenvalue weighted by atomic mass is 10.2. The van der Waals surface area contributed by atoms with Crippen molar-refractivity contribution in [2.45, 2.75) is 13.5 Å². The number of hydrogen-bond acceptors (Lipinski definition) is 2. The Morgan fingerprint density at radius 1 is 1.11 bits per heavy atom. The Morgan fingerprint density at radius 2 is 1.89 bits per heavy atom. The second-order valence-electron chi connectivity index (χ2n) is 4.30. The van der Waals surface area contributed by atoms with E-state index >= 15 is 0 Å². The molecule has 0 fully saturated rings. The standard InChI is InChI=1S/C15H15Cl2NO/c1-10-3-5-12(16)7-15(10)19-13-6-4-11(9-18-2)14(17)8-13/h3-8,18H,9H2,1-2H3. The third-order valence-electron chi connectivity index (χ3n) is 2.77. The molecule has 0 bridgehead atoms. The van der Waals surface area contributed by atoms with Crippen LogP contribution in [0.2, 0.25) is 10.0 Å². The van der Waals surface area contributed by atoms with Crippen LogP contribution >= 0.6 is 23.2 Å².